The van der Waals surface area contributed by atoms with Gasteiger partial charge in [0, 0.05) is 25.8 Å². The van der Waals surface area contributed by atoms with Crippen molar-refractivity contribution in [3.63, 3.8) is 0 Å². The predicted molar refractivity (Wildman–Crippen MR) is 220 cm³/mol. The largest absolute Gasteiger partial charge is 0.491 e. The number of carboxylic acids is 1. The molecule has 0 saturated heterocycles. The Bertz CT molecular complexity index is 1820. The number of pyridine rings is 1. The molecule has 2 amide bonds. The molecule has 0 bridgehead atoms. The van der Waals surface area contributed by atoms with Crippen molar-refractivity contribution in [2.75, 3.05) is 77.9 Å². The lowest BCUT2D eigenvalue weighted by Crippen LogP contribution is -2.39. The van der Waals surface area contributed by atoms with Crippen LogP contribution in [0.2, 0.25) is 0 Å². The fourth-order valence-electron chi connectivity index (χ4n) is 5.84. The Morgan fingerprint density at radius 2 is 1.44 bits per heavy atom. The zero-order chi connectivity index (χ0) is 40.7. The molecular weight excluding hydrogens is 729 g/mol. The maximum absolute atomic E-state index is 12.8. The second-order valence-corrected chi connectivity index (χ2v) is 14.0. The molecule has 4 N–H and O–H groups in total. The second kappa shape index (κ2) is 25.2. The molecule has 4 rings (SSSR count). The molecule has 308 valence electrons. The molecule has 1 heterocycles. The van der Waals surface area contributed by atoms with Gasteiger partial charge in [-0.1, -0.05) is 62.4 Å². The smallest absolute Gasteiger partial charge is 0.305 e. The fourth-order valence-corrected chi connectivity index (χ4v) is 5.84. The van der Waals surface area contributed by atoms with E-state index in [4.69, 9.17) is 23.7 Å². The lowest BCUT2D eigenvalue weighted by Gasteiger charge is -2.19. The summed E-state index contributed by atoms with van der Waals surface area (Å²) < 4.78 is 28.4. The van der Waals surface area contributed by atoms with Gasteiger partial charge in [-0.2, -0.15) is 0 Å². The number of carbonyl (C=O) groups is 3. The van der Waals surface area contributed by atoms with E-state index in [2.05, 4.69) is 34.8 Å². The molecule has 1 aromatic heterocycles. The predicted octanol–water partition coefficient (Wildman–Crippen LogP) is 6.34. The number of nitrogens with zero attached hydrogens (tertiary/aromatic N) is 1. The average Bonchev–Trinajstić information content (AvgIpc) is 3.19. The van der Waals surface area contributed by atoms with Crippen molar-refractivity contribution in [3.8, 4) is 16.9 Å². The summed E-state index contributed by atoms with van der Waals surface area (Å²) in [5.41, 5.74) is 3.56. The zero-order valence-corrected chi connectivity index (χ0v) is 33.4. The first-order valence-corrected chi connectivity index (χ1v) is 19.7. The van der Waals surface area contributed by atoms with Crippen molar-refractivity contribution in [3.05, 3.63) is 90.1 Å². The first-order valence-electron chi connectivity index (χ1n) is 19.7. The third-order valence-corrected chi connectivity index (χ3v) is 8.87. The molecule has 0 spiro atoms. The van der Waals surface area contributed by atoms with Crippen LogP contribution in [0, 0.1) is 12.8 Å². The Morgan fingerprint density at radius 1 is 0.772 bits per heavy atom. The minimum atomic E-state index is -1.06. The number of nitrogens with one attached hydrogen (secondary N) is 3. The number of ether oxygens (including phenoxy) is 5. The van der Waals surface area contributed by atoms with E-state index < -0.39 is 17.9 Å². The van der Waals surface area contributed by atoms with E-state index in [1.165, 1.54) is 0 Å². The van der Waals surface area contributed by atoms with Crippen LogP contribution in [0.15, 0.2) is 79.0 Å². The van der Waals surface area contributed by atoms with Crippen molar-refractivity contribution in [2.24, 2.45) is 5.92 Å². The van der Waals surface area contributed by atoms with Gasteiger partial charge in [0.05, 0.1) is 65.3 Å². The molecule has 0 fully saturated rings. The summed E-state index contributed by atoms with van der Waals surface area (Å²) in [7, 11) is 0. The topological polar surface area (TPSA) is 167 Å². The van der Waals surface area contributed by atoms with Crippen LogP contribution in [0.25, 0.3) is 21.9 Å². The van der Waals surface area contributed by atoms with Crippen LogP contribution in [0.5, 0.6) is 5.75 Å². The normalized spacial score (nSPS) is 11.7. The number of aliphatic carboxylic acids is 1. The Kier molecular flexibility index (Phi) is 19.8. The highest BCUT2D eigenvalue weighted by molar-refractivity contribution is 5.98. The Hall–Kier alpha value is -5.08. The number of anilines is 1. The number of fused-ring (bicyclic) bond motifs is 1. The van der Waals surface area contributed by atoms with E-state index in [9.17, 15) is 19.5 Å². The monoisotopic (exact) mass is 786 g/mol. The standard InChI is InChI=1S/C44H58N4O9/c1-32(2)15-18-53-19-20-54-21-22-55-23-24-56-25-26-57-37-28-36-7-4-5-8-38(36)39(29-37)34-10-12-35(13-11-34)40(30-44(51)52)48-43(50)31-47-42(49)9-6-16-45-41-27-33(3)14-17-46-41/h4-5,7-8,10-14,17,27-29,32,40H,6,9,15-16,18-26,30-31H2,1-3H3,(H,45,46)(H,47,49)(H,48,50)(H,51,52)/t40-/m0/s1. The maximum atomic E-state index is 12.8. The molecule has 0 saturated carbocycles. The quantitative estimate of drug-likeness (QED) is 0.0475. The number of carboxylic acid groups (broad SMARTS) is 1. The van der Waals surface area contributed by atoms with E-state index in [1.54, 1.807) is 6.20 Å². The zero-order valence-electron chi connectivity index (χ0n) is 33.4. The van der Waals surface area contributed by atoms with Crippen LogP contribution >= 0.6 is 0 Å². The highest BCUT2D eigenvalue weighted by Crippen LogP contribution is 2.34. The van der Waals surface area contributed by atoms with E-state index in [0.717, 1.165) is 46.3 Å². The Labute approximate surface area is 335 Å². The third kappa shape index (κ3) is 17.3. The SMILES string of the molecule is Cc1ccnc(NCCCC(=O)NCC(=O)N[C@@H](CC(=O)O)c2ccc(-c3cc(OCCOCCOCCOCCOCCC(C)C)cc4ccccc34)cc2)c1. The van der Waals surface area contributed by atoms with Gasteiger partial charge in [-0.15, -0.1) is 0 Å². The van der Waals surface area contributed by atoms with Gasteiger partial charge in [0.1, 0.15) is 18.2 Å². The number of benzene rings is 3. The van der Waals surface area contributed by atoms with Crippen LogP contribution in [0.1, 0.15) is 56.7 Å². The number of aromatic nitrogens is 1. The van der Waals surface area contributed by atoms with Gasteiger partial charge in [-0.05, 0) is 83.0 Å². The molecule has 13 heteroatoms. The van der Waals surface area contributed by atoms with E-state index in [0.29, 0.717) is 83.1 Å². The maximum Gasteiger partial charge on any atom is 0.305 e. The van der Waals surface area contributed by atoms with Gasteiger partial charge in [-0.3, -0.25) is 14.4 Å². The molecule has 0 radical (unpaired) electrons. The first-order chi connectivity index (χ1) is 27.7. The highest BCUT2D eigenvalue weighted by Gasteiger charge is 2.19. The Morgan fingerprint density at radius 3 is 2.11 bits per heavy atom. The third-order valence-electron chi connectivity index (χ3n) is 8.87. The van der Waals surface area contributed by atoms with Gasteiger partial charge < -0.3 is 44.7 Å². The number of hydrogen-bond acceptors (Lipinski definition) is 10. The number of rotatable bonds is 28. The molecule has 0 aliphatic rings. The molecule has 13 nitrogen and oxygen atoms in total. The highest BCUT2D eigenvalue weighted by atomic mass is 16.6. The second-order valence-electron chi connectivity index (χ2n) is 14.0. The number of carbonyl (C=O) groups excluding carboxylic acids is 2. The summed E-state index contributed by atoms with van der Waals surface area (Å²) >= 11 is 0. The van der Waals surface area contributed by atoms with Crippen molar-refractivity contribution in [1.29, 1.82) is 0 Å². The number of aryl methyl sites for hydroxylation is 1. The minimum absolute atomic E-state index is 0.225. The summed E-state index contributed by atoms with van der Waals surface area (Å²) in [5, 5.41) is 20.2. The average molecular weight is 787 g/mol. The van der Waals surface area contributed by atoms with Crippen molar-refractivity contribution in [1.82, 2.24) is 15.6 Å². The van der Waals surface area contributed by atoms with Gasteiger partial charge in [-0.25, -0.2) is 4.98 Å². The van der Waals surface area contributed by atoms with E-state index >= 15 is 0 Å². The first kappa shape index (κ1) is 44.6. The van der Waals surface area contributed by atoms with Crippen molar-refractivity contribution >= 4 is 34.4 Å². The molecule has 0 unspecified atom stereocenters. The summed E-state index contributed by atoms with van der Waals surface area (Å²) in [6, 6.07) is 22.4. The van der Waals surface area contributed by atoms with Gasteiger partial charge in [0.15, 0.2) is 0 Å². The van der Waals surface area contributed by atoms with Crippen LogP contribution in [-0.2, 0) is 33.3 Å². The van der Waals surface area contributed by atoms with Crippen LogP contribution < -0.4 is 20.7 Å². The molecular formula is C44H58N4O9. The van der Waals surface area contributed by atoms with Gasteiger partial charge in [0.25, 0.3) is 0 Å². The molecule has 0 aliphatic carbocycles. The number of hydrogen-bond donors (Lipinski definition) is 4. The fraction of sp³-hybridized carbons (Fsp3) is 0.455. The molecule has 1 atom stereocenters. The summed E-state index contributed by atoms with van der Waals surface area (Å²) in [4.78, 5) is 41.2. The van der Waals surface area contributed by atoms with Crippen LogP contribution in [-0.4, -0.2) is 100 Å². The summed E-state index contributed by atoms with van der Waals surface area (Å²) in [6.07, 6.45) is 3.23. The van der Waals surface area contributed by atoms with E-state index in [1.807, 2.05) is 79.7 Å². The summed E-state index contributed by atoms with van der Waals surface area (Å²) in [5.74, 6) is 0.257. The summed E-state index contributed by atoms with van der Waals surface area (Å²) in [6.45, 7) is 11.2. The van der Waals surface area contributed by atoms with Gasteiger partial charge >= 0.3 is 5.97 Å². The molecule has 3 aromatic carbocycles. The van der Waals surface area contributed by atoms with Crippen molar-refractivity contribution in [2.45, 2.75) is 52.5 Å². The van der Waals surface area contributed by atoms with E-state index in [-0.39, 0.29) is 25.3 Å². The molecule has 57 heavy (non-hydrogen) atoms. The number of amides is 2. The van der Waals surface area contributed by atoms with Gasteiger partial charge in [0.2, 0.25) is 11.8 Å². The minimum Gasteiger partial charge on any atom is -0.491 e. The molecule has 4 aromatic rings. The molecule has 0 aliphatic heterocycles. The van der Waals surface area contributed by atoms with Crippen molar-refractivity contribution < 1.29 is 43.2 Å². The van der Waals surface area contributed by atoms with Crippen LogP contribution in [0.3, 0.4) is 0 Å². The van der Waals surface area contributed by atoms with Crippen LogP contribution in [0.4, 0.5) is 5.82 Å². The lowest BCUT2D eigenvalue weighted by atomic mass is 9.95. The lowest BCUT2D eigenvalue weighted by molar-refractivity contribution is -0.138. The Balaban J connectivity index is 1.21.